The van der Waals surface area contributed by atoms with Crippen LogP contribution in [-0.4, -0.2) is 41.7 Å². The number of ether oxygens (including phenoxy) is 1. The Bertz CT molecular complexity index is 1080. The molecule has 0 atom stereocenters. The summed E-state index contributed by atoms with van der Waals surface area (Å²) in [6.45, 7) is 6.88. The van der Waals surface area contributed by atoms with Crippen LogP contribution < -0.4 is 18.9 Å². The summed E-state index contributed by atoms with van der Waals surface area (Å²) in [5.74, 6) is -0.118. The number of hydrogen-bond acceptors (Lipinski definition) is 3. The topological polar surface area (TPSA) is 46.5 Å². The molecular weight excluding hydrogens is 634 g/mol. The smallest absolute Gasteiger partial charge is 1.00 e. The van der Waals surface area contributed by atoms with Crippen LogP contribution >= 0.6 is 0 Å². The van der Waals surface area contributed by atoms with Crippen LogP contribution in [-0.2, 0) is 9.53 Å². The minimum Gasteiger partial charge on any atom is -1.00 e. The normalized spacial score (nSPS) is 12.5. The maximum atomic E-state index is 11.1. The molecule has 0 aliphatic heterocycles. The zero-order valence-electron chi connectivity index (χ0n) is 33.3. The predicted octanol–water partition coefficient (Wildman–Crippen LogP) is 9.42. The van der Waals surface area contributed by atoms with Gasteiger partial charge < -0.3 is 11.3 Å². The first-order chi connectivity index (χ1) is 24.2. The molecule has 0 fully saturated rings. The predicted molar refractivity (Wildman–Crippen MR) is 230 cm³/mol. The second kappa shape index (κ2) is 54.2. The Kier molecular flexibility index (Phi) is 58.7. The van der Waals surface area contributed by atoms with Gasteiger partial charge in [-0.25, -0.2) is 0 Å². The molecule has 0 heterocycles. The SMILES string of the molecule is CC/C=C\C/C=C\C/C=C\C/C=C\C/C=C\C/C=C\CCC(=O)OCC.CC/C=C\C/C=C\C/C=C\C/C=C\C/C=C\C/C=C\CCCO.[AlH3].[H-].[Li+]. The van der Waals surface area contributed by atoms with Crippen molar-refractivity contribution in [1.29, 1.82) is 0 Å². The van der Waals surface area contributed by atoms with Crippen LogP contribution in [0.5, 0.6) is 0 Å². The average molecular weight is 709 g/mol. The van der Waals surface area contributed by atoms with Crippen molar-refractivity contribution in [3.63, 3.8) is 0 Å². The number of aliphatic hydroxyl groups is 1. The molecule has 0 rings (SSSR count). The molecule has 0 amide bonds. The van der Waals surface area contributed by atoms with Crippen LogP contribution in [0, 0.1) is 0 Å². The fourth-order valence-corrected chi connectivity index (χ4v) is 3.92. The molecular formula is C46H74AlLiO3. The third-order valence-electron chi connectivity index (χ3n) is 6.54. The maximum Gasteiger partial charge on any atom is 1.00 e. The summed E-state index contributed by atoms with van der Waals surface area (Å²) < 4.78 is 4.87. The van der Waals surface area contributed by atoms with E-state index in [0.29, 0.717) is 13.0 Å². The van der Waals surface area contributed by atoms with Gasteiger partial charge in [0.1, 0.15) is 0 Å². The summed E-state index contributed by atoms with van der Waals surface area (Å²) in [7, 11) is 0. The van der Waals surface area contributed by atoms with Crippen LogP contribution in [0.2, 0.25) is 0 Å². The van der Waals surface area contributed by atoms with Crippen LogP contribution in [0.3, 0.4) is 0 Å². The van der Waals surface area contributed by atoms with Gasteiger partial charge in [-0.2, -0.15) is 0 Å². The third kappa shape index (κ3) is 57.0. The van der Waals surface area contributed by atoms with E-state index in [4.69, 9.17) is 9.84 Å². The van der Waals surface area contributed by atoms with Crippen molar-refractivity contribution in [2.75, 3.05) is 13.2 Å². The molecule has 5 heteroatoms. The van der Waals surface area contributed by atoms with Gasteiger partial charge in [-0.3, -0.25) is 4.79 Å². The molecule has 280 valence electrons. The van der Waals surface area contributed by atoms with Crippen molar-refractivity contribution >= 4 is 23.3 Å². The second-order valence-corrected chi connectivity index (χ2v) is 11.0. The molecule has 0 aliphatic rings. The first kappa shape index (κ1) is 55.2. The van der Waals surface area contributed by atoms with Crippen molar-refractivity contribution < 1.29 is 34.9 Å². The van der Waals surface area contributed by atoms with E-state index in [1.54, 1.807) is 0 Å². The van der Waals surface area contributed by atoms with Gasteiger partial charge in [-0.1, -0.05) is 160 Å². The molecule has 3 nitrogen and oxygen atoms in total. The van der Waals surface area contributed by atoms with E-state index in [1.807, 2.05) is 13.0 Å². The Morgan fingerprint density at radius 2 is 0.706 bits per heavy atom. The first-order valence-electron chi connectivity index (χ1n) is 18.8. The van der Waals surface area contributed by atoms with Crippen molar-refractivity contribution in [3.8, 4) is 0 Å². The van der Waals surface area contributed by atoms with Crippen molar-refractivity contribution in [2.24, 2.45) is 0 Å². The molecule has 51 heavy (non-hydrogen) atoms. The molecule has 0 aromatic heterocycles. The van der Waals surface area contributed by atoms with Gasteiger partial charge in [0, 0.05) is 13.0 Å². The van der Waals surface area contributed by atoms with Gasteiger partial charge in [0.15, 0.2) is 17.4 Å². The van der Waals surface area contributed by atoms with E-state index in [-0.39, 0.29) is 50.2 Å². The molecule has 0 spiro atoms. The van der Waals surface area contributed by atoms with Crippen molar-refractivity contribution in [3.05, 3.63) is 146 Å². The molecule has 1 N–H and O–H groups in total. The molecule has 0 saturated heterocycles. The van der Waals surface area contributed by atoms with E-state index < -0.39 is 0 Å². The number of esters is 1. The largest absolute Gasteiger partial charge is 1.00 e. The van der Waals surface area contributed by atoms with Gasteiger partial charge in [0.25, 0.3) is 0 Å². The minimum absolute atomic E-state index is 0. The number of rotatable bonds is 29. The fraction of sp³-hybridized carbons (Fsp3) is 0.457. The molecule has 0 aliphatic carbocycles. The first-order valence-corrected chi connectivity index (χ1v) is 18.8. The molecule has 0 aromatic carbocycles. The summed E-state index contributed by atoms with van der Waals surface area (Å²) >= 11 is 0. The number of hydrogen-bond donors (Lipinski definition) is 1. The zero-order chi connectivity index (χ0) is 36.0. The summed E-state index contributed by atoms with van der Waals surface area (Å²) in [5, 5.41) is 8.64. The summed E-state index contributed by atoms with van der Waals surface area (Å²) in [4.78, 5) is 11.1. The van der Waals surface area contributed by atoms with E-state index in [0.717, 1.165) is 96.3 Å². The average Bonchev–Trinajstić information content (AvgIpc) is 3.10. The Morgan fingerprint density at radius 3 is 0.961 bits per heavy atom. The van der Waals surface area contributed by atoms with Crippen molar-refractivity contribution in [1.82, 2.24) is 0 Å². The molecule has 0 saturated carbocycles. The summed E-state index contributed by atoms with van der Waals surface area (Å²) in [6.07, 6.45) is 67.7. The van der Waals surface area contributed by atoms with Gasteiger partial charge in [0.05, 0.1) is 6.61 Å². The van der Waals surface area contributed by atoms with Gasteiger partial charge in [-0.15, -0.1) is 0 Å². The van der Waals surface area contributed by atoms with Gasteiger partial charge >= 0.3 is 24.8 Å². The number of allylic oxidation sites excluding steroid dienone is 24. The number of unbranched alkanes of at least 4 members (excludes halogenated alkanes) is 1. The maximum absolute atomic E-state index is 11.1. The zero-order valence-corrected chi connectivity index (χ0v) is 32.3. The number of carbonyl (C=O) groups is 1. The van der Waals surface area contributed by atoms with Gasteiger partial charge in [-0.05, 0) is 103 Å². The third-order valence-corrected chi connectivity index (χ3v) is 6.54. The van der Waals surface area contributed by atoms with Crippen LogP contribution in [0.4, 0.5) is 0 Å². The van der Waals surface area contributed by atoms with E-state index in [1.165, 1.54) is 0 Å². The van der Waals surface area contributed by atoms with Crippen LogP contribution in [0.25, 0.3) is 0 Å². The monoisotopic (exact) mass is 709 g/mol. The van der Waals surface area contributed by atoms with Crippen LogP contribution in [0.15, 0.2) is 146 Å². The van der Waals surface area contributed by atoms with E-state index in [9.17, 15) is 4.79 Å². The van der Waals surface area contributed by atoms with E-state index >= 15 is 0 Å². The second-order valence-electron chi connectivity index (χ2n) is 11.0. The summed E-state index contributed by atoms with van der Waals surface area (Å²) in [6, 6.07) is 0. The number of carbonyl (C=O) groups excluding carboxylic acids is 1. The Labute approximate surface area is 339 Å². The van der Waals surface area contributed by atoms with E-state index in [2.05, 4.69) is 154 Å². The van der Waals surface area contributed by atoms with Gasteiger partial charge in [0.2, 0.25) is 0 Å². The Balaban J connectivity index is -0.000000269. The number of aliphatic hydroxyl groups excluding tert-OH is 1. The Morgan fingerprint density at radius 1 is 0.451 bits per heavy atom. The fourth-order valence-electron chi connectivity index (χ4n) is 3.92. The standard InChI is InChI=1S/C24H36O2.C22H34O.Al.Li.4H/c1-3-5-6-7-8-9-10-11-12-13-14-15-16-17-18-19-20-21-22-23-24(25)26-4-2;1-2-3-4-5-6-7-8-9-10-11-12-13-14-15-16-17-18-19-20-21-22-23;;;;;;/h5-6,8-9,11-12,14-15,17-18,20-21H,3-4,7,10,13,16,19,22-23H2,1-2H3;3-4,6-7,9-10,12-13,15-16,18-19,23H,2,5,8,11,14,17,20-22H2,1H3;;;;;;/q;;;+1;;;;-1/b6-5-,9-8-,12-11-,15-14-,18-17-,21-20-;4-3-,7-6-,10-9-,13-12-,16-15-,19-18-;;;;;;. The minimum atomic E-state index is -0.118. The molecule has 0 bridgehead atoms. The molecule has 0 aromatic rings. The summed E-state index contributed by atoms with van der Waals surface area (Å²) in [5.41, 5.74) is 0. The Hall–Kier alpha value is -2.56. The van der Waals surface area contributed by atoms with Crippen molar-refractivity contribution in [2.45, 2.75) is 124 Å². The van der Waals surface area contributed by atoms with Crippen LogP contribution in [0.1, 0.15) is 125 Å². The molecule has 0 radical (unpaired) electrons. The quantitative estimate of drug-likeness (QED) is 0.0365. The molecule has 0 unspecified atom stereocenters.